The van der Waals surface area contributed by atoms with E-state index in [1.165, 1.54) is 6.33 Å². The maximum absolute atomic E-state index is 11.9. The summed E-state index contributed by atoms with van der Waals surface area (Å²) in [7, 11) is 0. The lowest BCUT2D eigenvalue weighted by Crippen LogP contribution is -2.18. The van der Waals surface area contributed by atoms with Crippen LogP contribution in [-0.4, -0.2) is 42.0 Å². The van der Waals surface area contributed by atoms with Gasteiger partial charge in [-0.25, -0.2) is 9.97 Å². The van der Waals surface area contributed by atoms with E-state index in [1.807, 2.05) is 36.4 Å². The Hall–Kier alpha value is -3.75. The Kier molecular flexibility index (Phi) is 4.25. The third-order valence-electron chi connectivity index (χ3n) is 3.74. The average molecular weight is 348 g/mol. The Morgan fingerprint density at radius 3 is 2.88 bits per heavy atom. The van der Waals surface area contributed by atoms with Crippen molar-refractivity contribution < 1.29 is 4.79 Å². The van der Waals surface area contributed by atoms with Gasteiger partial charge in [0.25, 0.3) is 5.78 Å². The Morgan fingerprint density at radius 1 is 1.19 bits per heavy atom. The molecule has 9 nitrogen and oxygen atoms in total. The molecule has 0 spiro atoms. The first kappa shape index (κ1) is 15.8. The zero-order valence-corrected chi connectivity index (χ0v) is 13.8. The number of anilines is 2. The molecule has 0 radical (unpaired) electrons. The molecule has 26 heavy (non-hydrogen) atoms. The highest BCUT2D eigenvalue weighted by molar-refractivity contribution is 5.89. The van der Waals surface area contributed by atoms with Crippen molar-refractivity contribution in [3.05, 3.63) is 55.1 Å². The van der Waals surface area contributed by atoms with Crippen molar-refractivity contribution in [2.45, 2.75) is 6.42 Å². The quantitative estimate of drug-likeness (QED) is 0.491. The Balaban J connectivity index is 1.49. The number of fused-ring (bicyclic) bond motifs is 1. The summed E-state index contributed by atoms with van der Waals surface area (Å²) in [5.41, 5.74) is 1.77. The summed E-state index contributed by atoms with van der Waals surface area (Å²) < 4.78 is 1.61. The lowest BCUT2D eigenvalue weighted by atomic mass is 10.1. The number of benzene rings is 1. The fourth-order valence-corrected chi connectivity index (χ4v) is 2.53. The van der Waals surface area contributed by atoms with E-state index in [1.54, 1.807) is 16.9 Å². The summed E-state index contributed by atoms with van der Waals surface area (Å²) in [6.45, 7) is 0.430. The van der Waals surface area contributed by atoms with Gasteiger partial charge in [0, 0.05) is 37.0 Å². The van der Waals surface area contributed by atoms with Crippen LogP contribution >= 0.6 is 0 Å². The minimum absolute atomic E-state index is 0.139. The maximum Gasteiger partial charge on any atom is 0.254 e. The molecule has 4 aromatic rings. The zero-order chi connectivity index (χ0) is 17.8. The highest BCUT2D eigenvalue weighted by Gasteiger charge is 2.10. The molecule has 3 N–H and O–H groups in total. The van der Waals surface area contributed by atoms with E-state index in [9.17, 15) is 4.79 Å². The number of rotatable bonds is 6. The van der Waals surface area contributed by atoms with Gasteiger partial charge in [0.05, 0.1) is 5.69 Å². The number of imidazole rings is 1. The van der Waals surface area contributed by atoms with Crippen LogP contribution in [0.5, 0.6) is 0 Å². The first-order valence-corrected chi connectivity index (χ1v) is 8.09. The van der Waals surface area contributed by atoms with Gasteiger partial charge < -0.3 is 10.3 Å². The van der Waals surface area contributed by atoms with Gasteiger partial charge in [-0.3, -0.25) is 10.1 Å². The highest BCUT2D eigenvalue weighted by atomic mass is 16.1. The van der Waals surface area contributed by atoms with Gasteiger partial charge in [-0.05, 0) is 0 Å². The van der Waals surface area contributed by atoms with E-state index in [-0.39, 0.29) is 12.3 Å². The molecule has 1 amide bonds. The van der Waals surface area contributed by atoms with Gasteiger partial charge in [0.1, 0.15) is 12.1 Å². The number of aromatic nitrogens is 6. The van der Waals surface area contributed by atoms with Gasteiger partial charge >= 0.3 is 0 Å². The summed E-state index contributed by atoms with van der Waals surface area (Å²) in [5.74, 6) is 1.51. The molecule has 1 aromatic carbocycles. The van der Waals surface area contributed by atoms with Crippen LogP contribution in [0, 0.1) is 0 Å². The molecule has 0 bridgehead atoms. The predicted molar refractivity (Wildman–Crippen MR) is 96.5 cm³/mol. The fourth-order valence-electron chi connectivity index (χ4n) is 2.53. The zero-order valence-electron chi connectivity index (χ0n) is 13.8. The standard InChI is InChI=1S/C17H16N8O/c26-15(24-16-19-8-9-20-16)6-7-18-14-10-13(12-4-2-1-3-5-12)23-17-21-11-22-25(14)17/h1-5,8-11,18H,6-7H2,(H2,19,20,24,26). The van der Waals surface area contributed by atoms with Gasteiger partial charge in [-0.1, -0.05) is 30.3 Å². The van der Waals surface area contributed by atoms with Crippen LogP contribution < -0.4 is 10.6 Å². The molecular formula is C17H16N8O. The molecule has 0 saturated carbocycles. The molecular weight excluding hydrogens is 332 g/mol. The normalized spacial score (nSPS) is 10.8. The largest absolute Gasteiger partial charge is 0.369 e. The van der Waals surface area contributed by atoms with E-state index in [0.29, 0.717) is 18.3 Å². The monoisotopic (exact) mass is 348 g/mol. The topological polar surface area (TPSA) is 113 Å². The van der Waals surface area contributed by atoms with E-state index >= 15 is 0 Å². The van der Waals surface area contributed by atoms with Crippen molar-refractivity contribution in [1.29, 1.82) is 0 Å². The van der Waals surface area contributed by atoms with E-state index in [0.717, 1.165) is 17.1 Å². The van der Waals surface area contributed by atoms with Gasteiger partial charge in [-0.15, -0.1) is 0 Å². The minimum atomic E-state index is -0.139. The lowest BCUT2D eigenvalue weighted by molar-refractivity contribution is -0.116. The number of amides is 1. The van der Waals surface area contributed by atoms with Crippen molar-refractivity contribution in [2.75, 3.05) is 17.2 Å². The average Bonchev–Trinajstić information content (AvgIpc) is 3.34. The molecule has 3 heterocycles. The number of aromatic amines is 1. The number of hydrogen-bond donors (Lipinski definition) is 3. The molecule has 0 fully saturated rings. The molecule has 0 unspecified atom stereocenters. The molecule has 9 heteroatoms. The van der Waals surface area contributed by atoms with Gasteiger partial charge in [0.15, 0.2) is 0 Å². The molecule has 0 saturated heterocycles. The van der Waals surface area contributed by atoms with Crippen LogP contribution in [0.2, 0.25) is 0 Å². The molecule has 4 rings (SSSR count). The van der Waals surface area contributed by atoms with Crippen LogP contribution in [-0.2, 0) is 4.79 Å². The summed E-state index contributed by atoms with van der Waals surface area (Å²) in [4.78, 5) is 27.4. The van der Waals surface area contributed by atoms with E-state index < -0.39 is 0 Å². The Morgan fingerprint density at radius 2 is 2.08 bits per heavy atom. The summed E-state index contributed by atoms with van der Waals surface area (Å²) >= 11 is 0. The Labute approximate surface area is 148 Å². The number of hydrogen-bond acceptors (Lipinski definition) is 6. The van der Waals surface area contributed by atoms with E-state index in [4.69, 9.17) is 0 Å². The SMILES string of the molecule is O=C(CCNc1cc(-c2ccccc2)nc2ncnn12)Nc1ncc[nH]1. The third kappa shape index (κ3) is 3.36. The molecule has 0 aliphatic carbocycles. The first-order valence-electron chi connectivity index (χ1n) is 8.09. The number of carbonyl (C=O) groups excluding carboxylic acids is 1. The molecule has 3 aromatic heterocycles. The molecule has 0 aliphatic rings. The van der Waals surface area contributed by atoms with Crippen LogP contribution in [0.1, 0.15) is 6.42 Å². The first-order chi connectivity index (χ1) is 12.8. The van der Waals surface area contributed by atoms with Crippen LogP contribution in [0.15, 0.2) is 55.1 Å². The van der Waals surface area contributed by atoms with Crippen molar-refractivity contribution in [1.82, 2.24) is 29.5 Å². The van der Waals surface area contributed by atoms with Gasteiger partial charge in [-0.2, -0.15) is 14.6 Å². The second-order valence-corrected chi connectivity index (χ2v) is 5.53. The minimum Gasteiger partial charge on any atom is -0.369 e. The van der Waals surface area contributed by atoms with E-state index in [2.05, 4.69) is 35.7 Å². The number of H-pyrrole nitrogens is 1. The van der Waals surface area contributed by atoms with Gasteiger partial charge in [0.2, 0.25) is 11.9 Å². The molecule has 0 atom stereocenters. The molecule has 130 valence electrons. The van der Waals surface area contributed by atoms with Crippen molar-refractivity contribution >= 4 is 23.5 Å². The van der Waals surface area contributed by atoms with Crippen LogP contribution in [0.25, 0.3) is 17.0 Å². The van der Waals surface area contributed by atoms with Crippen LogP contribution in [0.3, 0.4) is 0 Å². The van der Waals surface area contributed by atoms with Crippen molar-refractivity contribution in [3.63, 3.8) is 0 Å². The third-order valence-corrected chi connectivity index (χ3v) is 3.74. The predicted octanol–water partition coefficient (Wildman–Crippen LogP) is 1.96. The maximum atomic E-state index is 11.9. The van der Waals surface area contributed by atoms with Crippen LogP contribution in [0.4, 0.5) is 11.8 Å². The summed E-state index contributed by atoms with van der Waals surface area (Å²) in [5, 5.41) is 10.1. The smallest absolute Gasteiger partial charge is 0.254 e. The number of nitrogens with zero attached hydrogens (tertiary/aromatic N) is 5. The number of carbonyl (C=O) groups is 1. The van der Waals surface area contributed by atoms with Crippen molar-refractivity contribution in [2.24, 2.45) is 0 Å². The second-order valence-electron chi connectivity index (χ2n) is 5.53. The Bertz CT molecular complexity index is 1010. The summed E-state index contributed by atoms with van der Waals surface area (Å²) in [6, 6.07) is 11.7. The fraction of sp³-hybridized carbons (Fsp3) is 0.118. The second kappa shape index (κ2) is 7.01. The lowest BCUT2D eigenvalue weighted by Gasteiger charge is -2.10. The number of nitrogens with one attached hydrogen (secondary N) is 3. The highest BCUT2D eigenvalue weighted by Crippen LogP contribution is 2.21. The summed E-state index contributed by atoms with van der Waals surface area (Å²) in [6.07, 6.45) is 4.96. The van der Waals surface area contributed by atoms with Crippen molar-refractivity contribution in [3.8, 4) is 11.3 Å². The molecule has 0 aliphatic heterocycles.